The number of hydrogen-bond donors (Lipinski definition) is 4. The second-order valence-corrected chi connectivity index (χ2v) is 9.15. The van der Waals surface area contributed by atoms with Gasteiger partial charge in [-0.2, -0.15) is 0 Å². The topological polar surface area (TPSA) is 184 Å². The van der Waals surface area contributed by atoms with E-state index >= 15 is 0 Å². The molecule has 0 atom stereocenters. The minimum absolute atomic E-state index is 0. The highest BCUT2D eigenvalue weighted by Gasteiger charge is 2.20. The maximum absolute atomic E-state index is 12.0. The molecular formula is C22H30ClN3O6S3. The highest BCUT2D eigenvalue weighted by Crippen LogP contribution is 2.34. The summed E-state index contributed by atoms with van der Waals surface area (Å²) >= 11 is 13.6. The number of thiocarbonyl (C=S) groups is 2. The van der Waals surface area contributed by atoms with E-state index in [-0.39, 0.29) is 17.8 Å². The average molecular weight is 564 g/mol. The lowest BCUT2D eigenvalue weighted by atomic mass is 10.1. The van der Waals surface area contributed by atoms with Gasteiger partial charge < -0.3 is 31.6 Å². The average Bonchev–Trinajstić information content (AvgIpc) is 3.17. The second-order valence-electron chi connectivity index (χ2n) is 5.89. The molecular weight excluding hydrogens is 534 g/mol. The Morgan fingerprint density at radius 1 is 1.09 bits per heavy atom. The van der Waals surface area contributed by atoms with E-state index in [0.29, 0.717) is 22.0 Å². The van der Waals surface area contributed by atoms with Crippen LogP contribution in [-0.4, -0.2) is 45.7 Å². The number of oxazole rings is 1. The Morgan fingerprint density at radius 3 is 1.94 bits per heavy atom. The monoisotopic (exact) mass is 563 g/mol. The van der Waals surface area contributed by atoms with Gasteiger partial charge in [0, 0.05) is 22.4 Å². The molecule has 35 heavy (non-hydrogen) atoms. The summed E-state index contributed by atoms with van der Waals surface area (Å²) in [4.78, 5) is 4.42. The van der Waals surface area contributed by atoms with Crippen molar-refractivity contribution in [3.63, 3.8) is 0 Å². The molecule has 0 aliphatic heterocycles. The third-order valence-electron chi connectivity index (χ3n) is 3.22. The van der Waals surface area contributed by atoms with Crippen molar-refractivity contribution >= 4 is 56.2 Å². The summed E-state index contributed by atoms with van der Waals surface area (Å²) in [6.07, 6.45) is 4.23. The molecule has 9 nitrogen and oxygen atoms in total. The van der Waals surface area contributed by atoms with E-state index in [9.17, 15) is 8.42 Å². The first-order chi connectivity index (χ1) is 15.3. The van der Waals surface area contributed by atoms with Crippen LogP contribution in [0.4, 0.5) is 0 Å². The number of aliphatic hydroxyl groups is 2. The molecule has 1 aromatic heterocycles. The number of benzene rings is 2. The van der Waals surface area contributed by atoms with Crippen LogP contribution in [0.25, 0.3) is 22.6 Å². The summed E-state index contributed by atoms with van der Waals surface area (Å²) in [7, 11) is -3.37. The number of sulfone groups is 1. The van der Waals surface area contributed by atoms with Crippen molar-refractivity contribution in [1.82, 2.24) is 4.98 Å². The van der Waals surface area contributed by atoms with Gasteiger partial charge in [0.1, 0.15) is 5.69 Å². The number of nitrogens with two attached hydrogens (primary N) is 2. The van der Waals surface area contributed by atoms with Crippen molar-refractivity contribution in [3.8, 4) is 22.6 Å². The molecule has 1 heterocycles. The highest BCUT2D eigenvalue weighted by molar-refractivity contribution is 7.90. The number of aliphatic hydroxyl groups excluding tert-OH is 2. The molecule has 0 fully saturated rings. The molecule has 0 amide bonds. The normalized spacial score (nSPS) is 9.00. The fourth-order valence-corrected chi connectivity index (χ4v) is 3.25. The van der Waals surface area contributed by atoms with Gasteiger partial charge in [-0.15, -0.1) is 6.58 Å². The van der Waals surface area contributed by atoms with E-state index in [0.717, 1.165) is 5.56 Å². The van der Waals surface area contributed by atoms with Gasteiger partial charge in [0.2, 0.25) is 0 Å². The van der Waals surface area contributed by atoms with Gasteiger partial charge in [0.05, 0.1) is 4.90 Å². The zero-order chi connectivity index (χ0) is 25.6. The molecule has 13 heteroatoms. The van der Waals surface area contributed by atoms with E-state index in [1.54, 1.807) is 54.6 Å². The summed E-state index contributed by atoms with van der Waals surface area (Å²) in [5.74, 6) is 0.507. The molecule has 2 aromatic carbocycles. The second kappa shape index (κ2) is 18.3. The predicted molar refractivity (Wildman–Crippen MR) is 151 cm³/mol. The molecule has 194 valence electrons. The Kier molecular flexibility index (Phi) is 19.1. The summed E-state index contributed by atoms with van der Waals surface area (Å²) in [5.41, 5.74) is 10.6. The van der Waals surface area contributed by atoms with Crippen LogP contribution in [0.2, 0.25) is 5.02 Å². The summed E-state index contributed by atoms with van der Waals surface area (Å²) in [6, 6.07) is 13.8. The van der Waals surface area contributed by atoms with Crippen molar-refractivity contribution in [2.75, 3.05) is 6.26 Å². The number of aromatic nitrogens is 1. The minimum Gasteiger partial charge on any atom is -0.487 e. The Bertz CT molecular complexity index is 1150. The molecule has 0 aliphatic carbocycles. The van der Waals surface area contributed by atoms with Gasteiger partial charge >= 0.3 is 0 Å². The first kappa shape index (κ1) is 36.5. The van der Waals surface area contributed by atoms with Crippen LogP contribution >= 0.6 is 36.0 Å². The Morgan fingerprint density at radius 2 is 1.51 bits per heavy atom. The molecule has 0 aliphatic rings. The summed E-state index contributed by atoms with van der Waals surface area (Å²) < 4.78 is 29.4. The van der Waals surface area contributed by atoms with E-state index in [4.69, 9.17) is 26.2 Å². The van der Waals surface area contributed by atoms with Crippen LogP contribution in [0, 0.1) is 0 Å². The Balaban J connectivity index is -0.000000673. The van der Waals surface area contributed by atoms with Gasteiger partial charge in [0.25, 0.3) is 10.3 Å². The molecule has 0 saturated carbocycles. The quantitative estimate of drug-likeness (QED) is 0.258. The molecule has 3 aromatic rings. The smallest absolute Gasteiger partial charge is 0.251 e. The van der Waals surface area contributed by atoms with Crippen LogP contribution in [-0.2, 0) is 9.84 Å². The standard InChI is InChI=1S/C16H12ClNO3S.C3H6.2CH3NOS.CH4.H2O/c1-22(19,20)14-5-3-2-4-13(14)15-16(21-10-18-15)11-6-8-12(17)9-7-11;1-3-2;2*2-1(3)4;;/h2-10H,1H3;3H,1H2,2H3;2*(H3,2,3,4);1H4;1H2. The molecule has 8 N–H and O–H groups in total. The van der Waals surface area contributed by atoms with Crippen LogP contribution < -0.4 is 11.5 Å². The van der Waals surface area contributed by atoms with E-state index in [1.807, 2.05) is 6.92 Å². The molecule has 0 unspecified atom stereocenters. The van der Waals surface area contributed by atoms with Crippen molar-refractivity contribution in [3.05, 3.63) is 72.6 Å². The van der Waals surface area contributed by atoms with Crippen molar-refractivity contribution < 1.29 is 28.5 Å². The number of rotatable bonds is 3. The minimum atomic E-state index is -3.37. The third-order valence-corrected chi connectivity index (χ3v) is 4.62. The number of nitrogens with zero attached hydrogens (tertiary/aromatic N) is 1. The van der Waals surface area contributed by atoms with E-state index in [2.05, 4.69) is 47.5 Å². The summed E-state index contributed by atoms with van der Waals surface area (Å²) in [5, 5.41) is 14.7. The maximum Gasteiger partial charge on any atom is 0.251 e. The Labute approximate surface area is 221 Å². The highest BCUT2D eigenvalue weighted by atomic mass is 35.5. The van der Waals surface area contributed by atoms with Gasteiger partial charge in [-0.3, -0.25) is 0 Å². The van der Waals surface area contributed by atoms with Gasteiger partial charge in [0.15, 0.2) is 22.0 Å². The Hall–Kier alpha value is -3.03. The van der Waals surface area contributed by atoms with Gasteiger partial charge in [-0.25, -0.2) is 13.4 Å². The molecule has 0 saturated heterocycles. The lowest BCUT2D eigenvalue weighted by Gasteiger charge is -2.07. The maximum atomic E-state index is 12.0. The van der Waals surface area contributed by atoms with Crippen molar-refractivity contribution in [2.45, 2.75) is 19.2 Å². The fourth-order valence-electron chi connectivity index (χ4n) is 2.23. The van der Waals surface area contributed by atoms with Gasteiger partial charge in [-0.05, 0) is 61.7 Å². The molecule has 3 rings (SSSR count). The van der Waals surface area contributed by atoms with Crippen LogP contribution in [0.3, 0.4) is 0 Å². The van der Waals surface area contributed by atoms with E-state index < -0.39 is 20.2 Å². The van der Waals surface area contributed by atoms with Crippen LogP contribution in [0.1, 0.15) is 14.4 Å². The van der Waals surface area contributed by atoms with Crippen molar-refractivity contribution in [1.29, 1.82) is 0 Å². The lowest BCUT2D eigenvalue weighted by Crippen LogP contribution is -2.03. The number of hydrogen-bond acceptors (Lipinski definition) is 6. The SMILES string of the molecule is C.C=CC.CS(=O)(=O)c1ccccc1-c1ncoc1-c1ccc(Cl)cc1.NC(O)=S.NC(O)=S.O. The van der Waals surface area contributed by atoms with Crippen molar-refractivity contribution in [2.24, 2.45) is 11.5 Å². The number of halogens is 1. The van der Waals surface area contributed by atoms with Crippen LogP contribution in [0.5, 0.6) is 0 Å². The first-order valence-electron chi connectivity index (χ1n) is 8.87. The molecule has 0 bridgehead atoms. The zero-order valence-electron chi connectivity index (χ0n) is 18.3. The van der Waals surface area contributed by atoms with Gasteiger partial charge in [-0.1, -0.05) is 43.3 Å². The fraction of sp³-hybridized carbons (Fsp3) is 0.136. The number of allylic oxidation sites excluding steroid dienone is 1. The largest absolute Gasteiger partial charge is 0.487 e. The summed E-state index contributed by atoms with van der Waals surface area (Å²) in [6.45, 7) is 5.25. The van der Waals surface area contributed by atoms with E-state index in [1.165, 1.54) is 12.6 Å². The first-order valence-corrected chi connectivity index (χ1v) is 12.0. The van der Waals surface area contributed by atoms with Crippen LogP contribution in [0.15, 0.2) is 76.9 Å². The predicted octanol–water partition coefficient (Wildman–Crippen LogP) is 4.65. The lowest BCUT2D eigenvalue weighted by molar-refractivity contribution is 0.559. The molecule has 0 radical (unpaired) electrons. The third kappa shape index (κ3) is 14.8. The zero-order valence-corrected chi connectivity index (χ0v) is 21.5. The molecule has 0 spiro atoms.